The molecule has 0 aliphatic heterocycles. The van der Waals surface area contributed by atoms with E-state index in [4.69, 9.17) is 22.5 Å². The van der Waals surface area contributed by atoms with Gasteiger partial charge in [-0.1, -0.05) is 127 Å². The second kappa shape index (κ2) is 9.69. The second-order valence-corrected chi connectivity index (χ2v) is 10.9. The maximum absolute atomic E-state index is 9.41. The van der Waals surface area contributed by atoms with Gasteiger partial charge < -0.3 is 8.83 Å². The summed E-state index contributed by atoms with van der Waals surface area (Å²) in [6, 6.07) is 7.90. The van der Waals surface area contributed by atoms with Crippen molar-refractivity contribution in [2.24, 2.45) is 0 Å². The molecule has 2 heterocycles. The predicted molar refractivity (Wildman–Crippen MR) is 192 cm³/mol. The molecule has 0 atom stereocenters. The van der Waals surface area contributed by atoms with E-state index in [1.807, 2.05) is 42.5 Å². The van der Waals surface area contributed by atoms with Crippen LogP contribution in [-0.4, -0.2) is 0 Å². The van der Waals surface area contributed by atoms with Crippen molar-refractivity contribution in [2.45, 2.75) is 0 Å². The fraction of sp³-hybridized carbons (Fsp3) is 0. The summed E-state index contributed by atoms with van der Waals surface area (Å²) in [5, 5.41) is -0.0270. The van der Waals surface area contributed by atoms with Crippen molar-refractivity contribution in [3.05, 3.63) is 158 Å². The van der Waals surface area contributed by atoms with Gasteiger partial charge in [-0.15, -0.1) is 0 Å². The zero-order valence-corrected chi connectivity index (χ0v) is 23.7. The molecule has 2 aromatic heterocycles. The van der Waals surface area contributed by atoms with E-state index in [-0.39, 0.29) is 38.2 Å². The van der Waals surface area contributed by atoms with E-state index in [1.54, 1.807) is 24.5 Å². The summed E-state index contributed by atoms with van der Waals surface area (Å²) in [7, 11) is 0. The quantitative estimate of drug-likeness (QED) is 0.188. The Bertz CT molecular complexity index is 3560. The van der Waals surface area contributed by atoms with Gasteiger partial charge in [0.1, 0.15) is 16.7 Å². The van der Waals surface area contributed by atoms with Crippen LogP contribution in [0.4, 0.5) is 0 Å². The van der Waals surface area contributed by atoms with E-state index in [0.29, 0.717) is 27.5 Å². The molecule has 214 valence electrons. The van der Waals surface area contributed by atoms with Crippen LogP contribution in [0.3, 0.4) is 0 Å². The van der Waals surface area contributed by atoms with Crippen LogP contribution in [0.5, 0.6) is 0 Å². The minimum Gasteiger partial charge on any atom is -0.463 e. The van der Waals surface area contributed by atoms with Gasteiger partial charge in [-0.25, -0.2) is 0 Å². The van der Waals surface area contributed by atoms with Crippen molar-refractivity contribution in [3.63, 3.8) is 0 Å². The maximum atomic E-state index is 9.41. The number of hydrogen-bond donors (Lipinski definition) is 0. The number of rotatable bonds is 3. The Balaban J connectivity index is 1.44. The molecule has 0 radical (unpaired) electrons. The summed E-state index contributed by atoms with van der Waals surface area (Å²) in [5.74, 6) is 0. The zero-order valence-electron chi connectivity index (χ0n) is 38.7. The third-order valence-corrected chi connectivity index (χ3v) is 8.48. The normalized spacial score (nSPS) is 16.5. The van der Waals surface area contributed by atoms with E-state index in [1.165, 1.54) is 0 Å². The third kappa shape index (κ3) is 3.59. The first-order valence-corrected chi connectivity index (χ1v) is 14.4. The van der Waals surface area contributed by atoms with Gasteiger partial charge in [-0.2, -0.15) is 0 Å². The fourth-order valence-electron chi connectivity index (χ4n) is 6.51. The van der Waals surface area contributed by atoms with Crippen LogP contribution in [0.2, 0.25) is 0 Å². The number of fused-ring (bicyclic) bond motifs is 8. The lowest BCUT2D eigenvalue weighted by atomic mass is 9.84. The fourth-order valence-corrected chi connectivity index (χ4v) is 6.51. The van der Waals surface area contributed by atoms with Crippen molar-refractivity contribution in [1.29, 1.82) is 0 Å². The minimum atomic E-state index is -0.767. The molecule has 0 saturated carbocycles. The lowest BCUT2D eigenvalue weighted by molar-refractivity contribution is 0.619. The Hall–Kier alpha value is -6.12. The largest absolute Gasteiger partial charge is 0.463 e. The molecule has 0 N–H and O–H groups in total. The van der Waals surface area contributed by atoms with Crippen LogP contribution >= 0.6 is 0 Å². The summed E-state index contributed by atoms with van der Waals surface area (Å²) >= 11 is 0. The first kappa shape index (κ1) is 14.8. The lowest BCUT2D eigenvalue weighted by Gasteiger charge is -2.18. The van der Waals surface area contributed by atoms with Crippen LogP contribution in [0.25, 0.3) is 98.6 Å². The SMILES string of the molecule is [2H]c1c([2H])c([2H])c2c(-c3c4c([2H])c([2H])c([2H])c([2H])c4c(-c4ccc5oc6ccc7c(-c8ccccc8)coc7c6c5c4)c4c([2H])c([2H])c([2H])c([2H])c34)c([2H])c([2H])c([2H])c2c1[2H]. The molecule has 8 aromatic carbocycles. The van der Waals surface area contributed by atoms with Crippen molar-refractivity contribution in [1.82, 2.24) is 0 Å². The van der Waals surface area contributed by atoms with Crippen molar-refractivity contribution in [3.8, 4) is 33.4 Å². The molecular weight excluding hydrogens is 560 g/mol. The van der Waals surface area contributed by atoms with E-state index >= 15 is 0 Å². The van der Waals surface area contributed by atoms with Gasteiger partial charge in [0.15, 0.2) is 0 Å². The van der Waals surface area contributed by atoms with Crippen LogP contribution in [0, 0.1) is 0 Å². The topological polar surface area (TPSA) is 26.3 Å². The molecule has 0 unspecified atom stereocenters. The number of hydrogen-bond acceptors (Lipinski definition) is 2. The van der Waals surface area contributed by atoms with Crippen molar-refractivity contribution >= 4 is 65.2 Å². The second-order valence-electron chi connectivity index (χ2n) is 10.9. The van der Waals surface area contributed by atoms with E-state index < -0.39 is 107 Å². The van der Waals surface area contributed by atoms with E-state index in [2.05, 4.69) is 0 Å². The molecule has 46 heavy (non-hydrogen) atoms. The van der Waals surface area contributed by atoms with Gasteiger partial charge >= 0.3 is 0 Å². The maximum Gasteiger partial charge on any atom is 0.146 e. The molecule has 0 aliphatic carbocycles. The smallest absolute Gasteiger partial charge is 0.146 e. The molecule has 0 aliphatic rings. The summed E-state index contributed by atoms with van der Waals surface area (Å²) in [6.07, 6.45) is 1.65. The van der Waals surface area contributed by atoms with E-state index in [0.717, 1.165) is 16.5 Å². The Morgan fingerprint density at radius 1 is 0.457 bits per heavy atom. The summed E-state index contributed by atoms with van der Waals surface area (Å²) in [6.45, 7) is 0. The van der Waals surface area contributed by atoms with Crippen LogP contribution < -0.4 is 0 Å². The average molecular weight is 602 g/mol. The van der Waals surface area contributed by atoms with Gasteiger partial charge in [0, 0.05) is 16.3 Å². The van der Waals surface area contributed by atoms with Gasteiger partial charge in [-0.05, 0) is 84.4 Å². The Morgan fingerprint density at radius 2 is 1.11 bits per heavy atom. The highest BCUT2D eigenvalue weighted by atomic mass is 16.3. The first-order valence-electron chi connectivity index (χ1n) is 21.9. The molecule has 0 spiro atoms. The van der Waals surface area contributed by atoms with Crippen molar-refractivity contribution < 1.29 is 29.4 Å². The Labute approximate surface area is 285 Å². The van der Waals surface area contributed by atoms with Gasteiger partial charge in [-0.3, -0.25) is 0 Å². The van der Waals surface area contributed by atoms with E-state index in [9.17, 15) is 6.85 Å². The van der Waals surface area contributed by atoms with Gasteiger partial charge in [0.05, 0.1) is 32.2 Å². The molecular formula is C44H26O2. The van der Waals surface area contributed by atoms with Crippen molar-refractivity contribution in [2.75, 3.05) is 0 Å². The zero-order chi connectivity index (χ0) is 43.2. The summed E-state index contributed by atoms with van der Waals surface area (Å²) in [5.41, 5.74) is 2.59. The molecule has 0 amide bonds. The predicted octanol–water partition coefficient (Wildman–Crippen LogP) is 12.8. The highest BCUT2D eigenvalue weighted by Gasteiger charge is 2.20. The summed E-state index contributed by atoms with van der Waals surface area (Å²) < 4.78 is 147. The van der Waals surface area contributed by atoms with Crippen LogP contribution in [0.1, 0.15) is 20.6 Å². The average Bonchev–Trinajstić information content (AvgIpc) is 3.87. The molecule has 0 fully saturated rings. The molecule has 0 bridgehead atoms. The number of furan rings is 2. The molecule has 10 aromatic rings. The van der Waals surface area contributed by atoms with Gasteiger partial charge in [0.2, 0.25) is 0 Å². The molecule has 2 heteroatoms. The monoisotopic (exact) mass is 601 g/mol. The standard InChI is InChI=1S/C44H26O2/c1-2-11-28(12-3-1)38-26-45-44-36(38)22-24-40-43(44)37-25-29(21-23-39(37)46-40)41-32-16-6-8-18-34(32)42(35-19-9-7-17-33(35)41)31-20-10-14-27-13-4-5-15-30(27)31/h1-26H/i4D,5D,6D,7D,8D,9D,10D,13D,14D,15D,16D,17D,18D,19D,20D. The minimum absolute atomic E-state index is 0.0125. The third-order valence-electron chi connectivity index (χ3n) is 8.48. The first-order chi connectivity index (χ1) is 29.1. The van der Waals surface area contributed by atoms with Crippen LogP contribution in [-0.2, 0) is 0 Å². The highest BCUT2D eigenvalue weighted by molar-refractivity contribution is 6.25. The Morgan fingerprint density at radius 3 is 1.87 bits per heavy atom. The number of benzene rings is 8. The molecule has 2 nitrogen and oxygen atoms in total. The highest BCUT2D eigenvalue weighted by Crippen LogP contribution is 2.47. The molecule has 10 rings (SSSR count). The van der Waals surface area contributed by atoms with Gasteiger partial charge in [0.25, 0.3) is 0 Å². The lowest BCUT2D eigenvalue weighted by Crippen LogP contribution is -1.91. The Kier molecular flexibility index (Phi) is 3.11. The van der Waals surface area contributed by atoms with Crippen LogP contribution in [0.15, 0.2) is 166 Å². The molecule has 0 saturated heterocycles. The summed E-state index contributed by atoms with van der Waals surface area (Å²) in [4.78, 5) is 0.